The fourth-order valence-corrected chi connectivity index (χ4v) is 4.12. The van der Waals surface area contributed by atoms with Crippen molar-refractivity contribution < 1.29 is 18.6 Å². The SMILES string of the molecule is N=C1C(c2nc(-c3ccc(F)c(F)c3)cs2)=C(O)CN1C[C@@H]1CCCO1. The van der Waals surface area contributed by atoms with Crippen molar-refractivity contribution in [3.63, 3.8) is 0 Å². The summed E-state index contributed by atoms with van der Waals surface area (Å²) in [5, 5.41) is 20.9. The molecular weight excluding hydrogens is 360 g/mol. The Hall–Kier alpha value is -2.32. The first-order chi connectivity index (χ1) is 12.5. The van der Waals surface area contributed by atoms with Gasteiger partial charge in [0.2, 0.25) is 0 Å². The van der Waals surface area contributed by atoms with Gasteiger partial charge >= 0.3 is 0 Å². The highest BCUT2D eigenvalue weighted by atomic mass is 32.1. The van der Waals surface area contributed by atoms with E-state index in [1.807, 2.05) is 0 Å². The number of thiazole rings is 1. The number of ether oxygens (including phenoxy) is 1. The Labute approximate surface area is 153 Å². The van der Waals surface area contributed by atoms with E-state index >= 15 is 0 Å². The minimum atomic E-state index is -0.935. The fraction of sp³-hybridized carbons (Fsp3) is 0.333. The predicted octanol–water partition coefficient (Wildman–Crippen LogP) is 3.83. The van der Waals surface area contributed by atoms with Crippen LogP contribution >= 0.6 is 11.3 Å². The third-order valence-corrected chi connectivity index (χ3v) is 5.42. The molecule has 8 heteroatoms. The van der Waals surface area contributed by atoms with Crippen molar-refractivity contribution in [3.8, 4) is 11.3 Å². The number of halogens is 2. The summed E-state index contributed by atoms with van der Waals surface area (Å²) in [5.41, 5.74) is 1.32. The number of amidine groups is 1. The number of rotatable bonds is 4. The monoisotopic (exact) mass is 377 g/mol. The number of aromatic nitrogens is 1. The normalized spacial score (nSPS) is 20.5. The predicted molar refractivity (Wildman–Crippen MR) is 95.3 cm³/mol. The molecule has 1 saturated heterocycles. The summed E-state index contributed by atoms with van der Waals surface area (Å²) in [7, 11) is 0. The molecule has 4 rings (SSSR count). The van der Waals surface area contributed by atoms with Gasteiger partial charge < -0.3 is 14.7 Å². The summed E-state index contributed by atoms with van der Waals surface area (Å²) in [6.07, 6.45) is 2.05. The van der Waals surface area contributed by atoms with Crippen molar-refractivity contribution >= 4 is 22.7 Å². The van der Waals surface area contributed by atoms with Crippen LogP contribution in [0.1, 0.15) is 17.8 Å². The van der Waals surface area contributed by atoms with Gasteiger partial charge in [-0.1, -0.05) is 0 Å². The van der Waals surface area contributed by atoms with E-state index in [1.165, 1.54) is 17.4 Å². The van der Waals surface area contributed by atoms with Gasteiger partial charge in [0.15, 0.2) is 11.6 Å². The molecule has 1 atom stereocenters. The van der Waals surface area contributed by atoms with Crippen LogP contribution in [0, 0.1) is 17.0 Å². The summed E-state index contributed by atoms with van der Waals surface area (Å²) >= 11 is 1.26. The second kappa shape index (κ2) is 6.77. The van der Waals surface area contributed by atoms with Crippen LogP contribution in [0.15, 0.2) is 29.3 Å². The lowest BCUT2D eigenvalue weighted by Crippen LogP contribution is -2.34. The third kappa shape index (κ3) is 3.10. The van der Waals surface area contributed by atoms with Crippen LogP contribution in [0.4, 0.5) is 8.78 Å². The number of aliphatic hydroxyl groups excluding tert-OH is 1. The van der Waals surface area contributed by atoms with Crippen molar-refractivity contribution in [2.45, 2.75) is 18.9 Å². The molecule has 0 bridgehead atoms. The number of hydrogen-bond acceptors (Lipinski definition) is 5. The minimum Gasteiger partial charge on any atom is -0.510 e. The molecule has 0 saturated carbocycles. The van der Waals surface area contributed by atoms with Gasteiger partial charge in [0, 0.05) is 24.1 Å². The molecule has 136 valence electrons. The number of nitrogens with one attached hydrogen (secondary N) is 1. The smallest absolute Gasteiger partial charge is 0.159 e. The second-order valence-corrected chi connectivity index (χ2v) is 7.21. The third-order valence-electron chi connectivity index (χ3n) is 4.56. The lowest BCUT2D eigenvalue weighted by molar-refractivity contribution is 0.0924. The molecule has 2 aromatic rings. The van der Waals surface area contributed by atoms with Gasteiger partial charge in [-0.15, -0.1) is 11.3 Å². The molecule has 5 nitrogen and oxygen atoms in total. The molecule has 0 radical (unpaired) electrons. The average molecular weight is 377 g/mol. The molecule has 0 spiro atoms. The summed E-state index contributed by atoms with van der Waals surface area (Å²) in [6, 6.07) is 3.60. The van der Waals surface area contributed by atoms with Crippen molar-refractivity contribution in [2.75, 3.05) is 19.7 Å². The number of hydrogen-bond donors (Lipinski definition) is 2. The fourth-order valence-electron chi connectivity index (χ4n) is 3.22. The van der Waals surface area contributed by atoms with Gasteiger partial charge in [-0.25, -0.2) is 13.8 Å². The number of aliphatic hydroxyl groups is 1. The molecule has 0 unspecified atom stereocenters. The summed E-state index contributed by atoms with van der Waals surface area (Å²) in [6.45, 7) is 1.56. The van der Waals surface area contributed by atoms with E-state index in [2.05, 4.69) is 4.98 Å². The maximum atomic E-state index is 13.4. The van der Waals surface area contributed by atoms with Crippen LogP contribution in [-0.2, 0) is 4.74 Å². The standard InChI is InChI=1S/C18H17F2N3O2S/c19-12-4-3-10(6-13(12)20)14-9-26-18(22-14)16-15(24)8-23(17(16)21)7-11-2-1-5-25-11/h3-4,6,9,11,21,24H,1-2,5,7-8H2/t11-/m0/s1. The lowest BCUT2D eigenvalue weighted by atomic mass is 10.1. The van der Waals surface area contributed by atoms with Gasteiger partial charge in [-0.2, -0.15) is 0 Å². The van der Waals surface area contributed by atoms with Crippen molar-refractivity contribution in [2.24, 2.45) is 0 Å². The molecule has 2 aliphatic heterocycles. The Kier molecular flexibility index (Phi) is 4.46. The molecule has 3 heterocycles. The Morgan fingerprint density at radius 1 is 1.35 bits per heavy atom. The first-order valence-corrected chi connectivity index (χ1v) is 9.20. The van der Waals surface area contributed by atoms with Gasteiger partial charge in [0.05, 0.1) is 23.9 Å². The largest absolute Gasteiger partial charge is 0.510 e. The highest BCUT2D eigenvalue weighted by molar-refractivity contribution is 7.11. The van der Waals surface area contributed by atoms with E-state index in [0.717, 1.165) is 31.6 Å². The highest BCUT2D eigenvalue weighted by Crippen LogP contribution is 2.33. The molecule has 2 aliphatic rings. The zero-order valence-corrected chi connectivity index (χ0v) is 14.7. The van der Waals surface area contributed by atoms with Gasteiger partial charge in [-0.05, 0) is 31.0 Å². The minimum absolute atomic E-state index is 0.0801. The molecule has 0 aliphatic carbocycles. The number of benzene rings is 1. The Bertz CT molecular complexity index is 890. The van der Waals surface area contributed by atoms with E-state index in [9.17, 15) is 13.9 Å². The van der Waals surface area contributed by atoms with Crippen LogP contribution < -0.4 is 0 Å². The van der Waals surface area contributed by atoms with Crippen LogP contribution in [0.25, 0.3) is 16.8 Å². The van der Waals surface area contributed by atoms with Crippen molar-refractivity contribution in [1.29, 1.82) is 5.41 Å². The Balaban J connectivity index is 1.55. The van der Waals surface area contributed by atoms with Gasteiger partial charge in [0.1, 0.15) is 16.6 Å². The van der Waals surface area contributed by atoms with Gasteiger partial charge in [-0.3, -0.25) is 5.41 Å². The molecule has 1 fully saturated rings. The molecule has 2 N–H and O–H groups in total. The Morgan fingerprint density at radius 3 is 2.92 bits per heavy atom. The summed E-state index contributed by atoms with van der Waals surface area (Å²) in [5.74, 6) is -1.54. The highest BCUT2D eigenvalue weighted by Gasteiger charge is 2.32. The molecule has 1 aromatic heterocycles. The zero-order valence-electron chi connectivity index (χ0n) is 13.8. The molecule has 0 amide bonds. The first kappa shape index (κ1) is 17.1. The molecule has 1 aromatic carbocycles. The van der Waals surface area contributed by atoms with Crippen LogP contribution in [0.5, 0.6) is 0 Å². The maximum Gasteiger partial charge on any atom is 0.159 e. The first-order valence-electron chi connectivity index (χ1n) is 8.32. The van der Waals surface area contributed by atoms with Crippen LogP contribution in [0.2, 0.25) is 0 Å². The second-order valence-electron chi connectivity index (χ2n) is 6.35. The Morgan fingerprint density at radius 2 is 2.19 bits per heavy atom. The zero-order chi connectivity index (χ0) is 18.3. The van der Waals surface area contributed by atoms with Crippen molar-refractivity contribution in [1.82, 2.24) is 9.88 Å². The summed E-state index contributed by atoms with van der Waals surface area (Å²) < 4.78 is 32.1. The van der Waals surface area contributed by atoms with E-state index in [1.54, 1.807) is 10.3 Å². The quantitative estimate of drug-likeness (QED) is 0.850. The van der Waals surface area contributed by atoms with E-state index in [4.69, 9.17) is 10.1 Å². The van der Waals surface area contributed by atoms with Crippen LogP contribution in [0.3, 0.4) is 0 Å². The maximum absolute atomic E-state index is 13.4. The average Bonchev–Trinajstić information content (AvgIpc) is 3.33. The lowest BCUT2D eigenvalue weighted by Gasteiger charge is -2.21. The van der Waals surface area contributed by atoms with E-state index < -0.39 is 11.6 Å². The number of nitrogens with zero attached hydrogens (tertiary/aromatic N) is 2. The van der Waals surface area contributed by atoms with E-state index in [-0.39, 0.29) is 24.2 Å². The summed E-state index contributed by atoms with van der Waals surface area (Å²) in [4.78, 5) is 6.19. The van der Waals surface area contributed by atoms with Gasteiger partial charge in [0.25, 0.3) is 0 Å². The topological polar surface area (TPSA) is 69.4 Å². The van der Waals surface area contributed by atoms with Crippen molar-refractivity contribution in [3.05, 3.63) is 46.0 Å². The van der Waals surface area contributed by atoms with Crippen LogP contribution in [-0.4, -0.2) is 46.6 Å². The molecular formula is C18H17F2N3O2S. The molecule has 26 heavy (non-hydrogen) atoms. The van der Waals surface area contributed by atoms with E-state index in [0.29, 0.717) is 28.4 Å².